The van der Waals surface area contributed by atoms with E-state index >= 15 is 0 Å². The zero-order chi connectivity index (χ0) is 19.8. The molecule has 0 aromatic heterocycles. The molecule has 0 unspecified atom stereocenters. The van der Waals surface area contributed by atoms with Crippen LogP contribution in [0.4, 0.5) is 0 Å². The molecule has 2 amide bonds. The highest BCUT2D eigenvalue weighted by molar-refractivity contribution is 5.97. The molecule has 8 heteroatoms. The maximum absolute atomic E-state index is 12.1. The molecule has 2 aromatic carbocycles. The highest BCUT2D eigenvalue weighted by Crippen LogP contribution is 2.32. The van der Waals surface area contributed by atoms with Gasteiger partial charge in [-0.2, -0.15) is 5.10 Å². The Bertz CT molecular complexity index is 882. The number of benzene rings is 2. The topological polar surface area (TPSA) is 98.2 Å². The molecule has 0 aliphatic carbocycles. The summed E-state index contributed by atoms with van der Waals surface area (Å²) in [5, 5.41) is 6.42. The average Bonchev–Trinajstić information content (AvgIpc) is 3.18. The maximum Gasteiger partial charge on any atom is 0.259 e. The van der Waals surface area contributed by atoms with Crippen molar-refractivity contribution in [3.05, 3.63) is 53.6 Å². The van der Waals surface area contributed by atoms with E-state index in [0.717, 1.165) is 17.7 Å². The molecule has 1 heterocycles. The van der Waals surface area contributed by atoms with Gasteiger partial charge in [-0.3, -0.25) is 9.59 Å². The van der Waals surface area contributed by atoms with Crippen LogP contribution in [0.2, 0.25) is 0 Å². The second-order valence-corrected chi connectivity index (χ2v) is 5.96. The van der Waals surface area contributed by atoms with Gasteiger partial charge in [0.25, 0.3) is 11.8 Å². The van der Waals surface area contributed by atoms with Gasteiger partial charge in [-0.1, -0.05) is 19.1 Å². The van der Waals surface area contributed by atoms with Crippen LogP contribution in [0, 0.1) is 0 Å². The summed E-state index contributed by atoms with van der Waals surface area (Å²) < 4.78 is 16.0. The summed E-state index contributed by atoms with van der Waals surface area (Å²) >= 11 is 0. The lowest BCUT2D eigenvalue weighted by molar-refractivity contribution is -0.120. The number of amides is 2. The van der Waals surface area contributed by atoms with Crippen LogP contribution in [0.15, 0.2) is 47.6 Å². The number of carbonyl (C=O) groups is 2. The molecule has 2 N–H and O–H groups in total. The van der Waals surface area contributed by atoms with Crippen LogP contribution < -0.4 is 25.0 Å². The fourth-order valence-corrected chi connectivity index (χ4v) is 2.42. The zero-order valence-electron chi connectivity index (χ0n) is 15.4. The van der Waals surface area contributed by atoms with Gasteiger partial charge < -0.3 is 19.5 Å². The lowest BCUT2D eigenvalue weighted by Gasteiger charge is -2.06. The van der Waals surface area contributed by atoms with Crippen LogP contribution >= 0.6 is 0 Å². The van der Waals surface area contributed by atoms with Gasteiger partial charge in [0.15, 0.2) is 11.5 Å². The summed E-state index contributed by atoms with van der Waals surface area (Å²) in [5.41, 5.74) is 3.54. The van der Waals surface area contributed by atoms with Crippen molar-refractivity contribution in [2.75, 3.05) is 19.9 Å². The van der Waals surface area contributed by atoms with E-state index in [1.165, 1.54) is 6.21 Å². The van der Waals surface area contributed by atoms with Crippen LogP contribution in [0.5, 0.6) is 17.2 Å². The maximum atomic E-state index is 12.1. The van der Waals surface area contributed by atoms with E-state index in [-0.39, 0.29) is 13.3 Å². The third-order valence-corrected chi connectivity index (χ3v) is 3.78. The van der Waals surface area contributed by atoms with E-state index in [2.05, 4.69) is 15.8 Å². The third-order valence-electron chi connectivity index (χ3n) is 3.78. The second kappa shape index (κ2) is 9.40. The van der Waals surface area contributed by atoms with E-state index in [4.69, 9.17) is 14.2 Å². The molecule has 8 nitrogen and oxygen atoms in total. The number of hydrogen-bond acceptors (Lipinski definition) is 6. The Morgan fingerprint density at radius 2 is 2.04 bits per heavy atom. The highest BCUT2D eigenvalue weighted by Gasteiger charge is 2.16. The molecule has 0 spiro atoms. The van der Waals surface area contributed by atoms with Gasteiger partial charge in [0, 0.05) is 5.56 Å². The minimum Gasteiger partial charge on any atom is -0.494 e. The van der Waals surface area contributed by atoms with Crippen molar-refractivity contribution >= 4 is 18.0 Å². The van der Waals surface area contributed by atoms with Gasteiger partial charge in [-0.25, -0.2) is 5.43 Å². The second-order valence-electron chi connectivity index (χ2n) is 5.96. The molecule has 0 saturated carbocycles. The fourth-order valence-electron chi connectivity index (χ4n) is 2.42. The van der Waals surface area contributed by atoms with Crippen LogP contribution in [-0.4, -0.2) is 38.0 Å². The summed E-state index contributed by atoms with van der Waals surface area (Å²) in [6.45, 7) is 2.60. The Balaban J connectivity index is 1.45. The van der Waals surface area contributed by atoms with Gasteiger partial charge in [0.1, 0.15) is 5.75 Å². The molecule has 0 saturated heterocycles. The summed E-state index contributed by atoms with van der Waals surface area (Å²) in [5.74, 6) is 1.01. The third kappa shape index (κ3) is 5.23. The minimum atomic E-state index is -0.441. The first-order valence-corrected chi connectivity index (χ1v) is 8.88. The average molecular weight is 383 g/mol. The summed E-state index contributed by atoms with van der Waals surface area (Å²) in [6, 6.07) is 12.2. The first-order chi connectivity index (χ1) is 13.7. The molecule has 28 heavy (non-hydrogen) atoms. The van der Waals surface area contributed by atoms with E-state index < -0.39 is 11.8 Å². The van der Waals surface area contributed by atoms with Crippen molar-refractivity contribution in [2.24, 2.45) is 5.10 Å². The molecular formula is C20H21N3O5. The summed E-state index contributed by atoms with van der Waals surface area (Å²) in [4.78, 5) is 24.0. The van der Waals surface area contributed by atoms with E-state index in [9.17, 15) is 9.59 Å². The lowest BCUT2D eigenvalue weighted by atomic mass is 10.2. The molecule has 1 aliphatic heterocycles. The molecule has 2 aromatic rings. The highest BCUT2D eigenvalue weighted by atomic mass is 16.7. The van der Waals surface area contributed by atoms with E-state index in [0.29, 0.717) is 23.7 Å². The number of hydrogen-bond donors (Lipinski definition) is 2. The molecule has 0 atom stereocenters. The molecular weight excluding hydrogens is 362 g/mol. The Labute approximate surface area is 162 Å². The molecule has 1 aliphatic rings. The fraction of sp³-hybridized carbons (Fsp3) is 0.250. The number of ether oxygens (including phenoxy) is 3. The first-order valence-electron chi connectivity index (χ1n) is 8.88. The molecule has 0 radical (unpaired) electrons. The monoisotopic (exact) mass is 383 g/mol. The summed E-state index contributed by atoms with van der Waals surface area (Å²) in [7, 11) is 0. The Morgan fingerprint density at radius 1 is 1.18 bits per heavy atom. The normalized spacial score (nSPS) is 12.0. The first kappa shape index (κ1) is 19.2. The molecule has 0 fully saturated rings. The predicted molar refractivity (Wildman–Crippen MR) is 103 cm³/mol. The molecule has 3 rings (SSSR count). The van der Waals surface area contributed by atoms with E-state index in [1.807, 2.05) is 31.2 Å². The number of nitrogens with zero attached hydrogens (tertiary/aromatic N) is 1. The van der Waals surface area contributed by atoms with Gasteiger partial charge in [0.2, 0.25) is 6.79 Å². The van der Waals surface area contributed by atoms with Gasteiger partial charge in [0.05, 0.1) is 19.4 Å². The number of hydrazone groups is 1. The standard InChI is InChI=1S/C20H21N3O5/c1-2-8-26-16-5-3-4-14(9-16)11-22-23-19(24)12-21-20(25)15-6-7-17-18(10-15)28-13-27-17/h3-7,9-11H,2,8,12-13H2,1H3,(H,21,25)(H,23,24). The van der Waals surface area contributed by atoms with Crippen LogP contribution in [0.25, 0.3) is 0 Å². The van der Waals surface area contributed by atoms with E-state index in [1.54, 1.807) is 18.2 Å². The lowest BCUT2D eigenvalue weighted by Crippen LogP contribution is -2.34. The van der Waals surface area contributed by atoms with Gasteiger partial charge >= 0.3 is 0 Å². The largest absolute Gasteiger partial charge is 0.494 e. The number of fused-ring (bicyclic) bond motifs is 1. The zero-order valence-corrected chi connectivity index (χ0v) is 15.4. The van der Waals surface area contributed by atoms with Crippen molar-refractivity contribution in [3.63, 3.8) is 0 Å². The number of nitrogens with one attached hydrogen (secondary N) is 2. The quantitative estimate of drug-likeness (QED) is 0.537. The Hall–Kier alpha value is -3.55. The number of carbonyl (C=O) groups excluding carboxylic acids is 2. The van der Waals surface area contributed by atoms with Crippen molar-refractivity contribution < 1.29 is 23.8 Å². The van der Waals surface area contributed by atoms with Crippen molar-refractivity contribution in [3.8, 4) is 17.2 Å². The summed E-state index contributed by atoms with van der Waals surface area (Å²) in [6.07, 6.45) is 2.43. The predicted octanol–water partition coefficient (Wildman–Crippen LogP) is 2.08. The SMILES string of the molecule is CCCOc1cccc(C=NNC(=O)CNC(=O)c2ccc3c(c2)OCO3)c1. The van der Waals surface area contributed by atoms with Gasteiger partial charge in [-0.15, -0.1) is 0 Å². The molecule has 0 bridgehead atoms. The molecule has 146 valence electrons. The smallest absolute Gasteiger partial charge is 0.259 e. The van der Waals surface area contributed by atoms with Crippen molar-refractivity contribution in [1.82, 2.24) is 10.7 Å². The van der Waals surface area contributed by atoms with Crippen LogP contribution in [0.1, 0.15) is 29.3 Å². The van der Waals surface area contributed by atoms with Gasteiger partial charge in [-0.05, 0) is 42.3 Å². The van der Waals surface area contributed by atoms with Crippen molar-refractivity contribution in [2.45, 2.75) is 13.3 Å². The Morgan fingerprint density at radius 3 is 2.89 bits per heavy atom. The Kier molecular flexibility index (Phi) is 6.46. The van der Waals surface area contributed by atoms with Crippen molar-refractivity contribution in [1.29, 1.82) is 0 Å². The minimum absolute atomic E-state index is 0.133. The number of rotatable bonds is 8. The van der Waals surface area contributed by atoms with Crippen LogP contribution in [0.3, 0.4) is 0 Å². The van der Waals surface area contributed by atoms with Crippen LogP contribution in [-0.2, 0) is 4.79 Å².